The fraction of sp³-hybridized carbons (Fsp3) is 0.684. The van der Waals surface area contributed by atoms with Crippen LogP contribution < -0.4 is 4.74 Å². The van der Waals surface area contributed by atoms with Crippen LogP contribution in [0.25, 0.3) is 0 Å². The molecule has 4 nitrogen and oxygen atoms in total. The third-order valence-electron chi connectivity index (χ3n) is 4.65. The van der Waals surface area contributed by atoms with Crippen LogP contribution in [0.2, 0.25) is 0 Å². The van der Waals surface area contributed by atoms with E-state index in [1.807, 2.05) is 18.2 Å². The van der Waals surface area contributed by atoms with Crippen LogP contribution in [-0.2, 0) is 0 Å². The van der Waals surface area contributed by atoms with Gasteiger partial charge in [-0.25, -0.2) is 0 Å². The van der Waals surface area contributed by atoms with Gasteiger partial charge >= 0.3 is 0 Å². The third-order valence-corrected chi connectivity index (χ3v) is 4.65. The number of hydrogen-bond acceptors (Lipinski definition) is 4. The lowest BCUT2D eigenvalue weighted by Crippen LogP contribution is -2.50. The van der Waals surface area contributed by atoms with E-state index in [9.17, 15) is 5.11 Å². The van der Waals surface area contributed by atoms with Gasteiger partial charge in [0.15, 0.2) is 0 Å². The molecule has 0 saturated carbocycles. The van der Waals surface area contributed by atoms with Crippen LogP contribution in [0.5, 0.6) is 5.75 Å². The summed E-state index contributed by atoms with van der Waals surface area (Å²) in [6.07, 6.45) is -0.265. The van der Waals surface area contributed by atoms with Gasteiger partial charge in [-0.3, -0.25) is 9.80 Å². The lowest BCUT2D eigenvalue weighted by molar-refractivity contribution is 0.0122. The van der Waals surface area contributed by atoms with Crippen molar-refractivity contribution < 1.29 is 9.84 Å². The van der Waals surface area contributed by atoms with Crippen molar-refractivity contribution in [2.75, 3.05) is 45.9 Å². The summed E-state index contributed by atoms with van der Waals surface area (Å²) in [5.41, 5.74) is 1.15. The highest BCUT2D eigenvalue weighted by Crippen LogP contribution is 2.20. The number of rotatable bonds is 6. The first kappa shape index (κ1) is 18.2. The molecule has 1 heterocycles. The first-order chi connectivity index (χ1) is 10.9. The molecular weight excluding hydrogens is 288 g/mol. The largest absolute Gasteiger partial charge is 0.492 e. The van der Waals surface area contributed by atoms with E-state index in [-0.39, 0.29) is 11.5 Å². The van der Waals surface area contributed by atoms with Crippen LogP contribution in [0.3, 0.4) is 0 Å². The molecule has 0 aliphatic carbocycles. The van der Waals surface area contributed by atoms with Crippen molar-refractivity contribution >= 4 is 0 Å². The highest BCUT2D eigenvalue weighted by Gasteiger charge is 2.26. The van der Waals surface area contributed by atoms with E-state index in [2.05, 4.69) is 43.6 Å². The van der Waals surface area contributed by atoms with E-state index in [1.54, 1.807) is 0 Å². The summed E-state index contributed by atoms with van der Waals surface area (Å²) in [5, 5.41) is 10.2. The van der Waals surface area contributed by atoms with Crippen LogP contribution in [0, 0.1) is 12.3 Å². The molecule has 0 amide bonds. The Morgan fingerprint density at radius 3 is 2.30 bits per heavy atom. The molecule has 2 rings (SSSR count). The lowest BCUT2D eigenvalue weighted by Gasteiger charge is -2.37. The van der Waals surface area contributed by atoms with Gasteiger partial charge in [-0.2, -0.15) is 0 Å². The van der Waals surface area contributed by atoms with Gasteiger partial charge in [0.2, 0.25) is 0 Å². The lowest BCUT2D eigenvalue weighted by atomic mass is 9.89. The molecule has 1 N–H and O–H groups in total. The van der Waals surface area contributed by atoms with Crippen molar-refractivity contribution in [2.45, 2.75) is 33.8 Å². The van der Waals surface area contributed by atoms with Gasteiger partial charge in [0.05, 0.1) is 6.10 Å². The van der Waals surface area contributed by atoms with Crippen molar-refractivity contribution in [1.82, 2.24) is 9.80 Å². The molecule has 23 heavy (non-hydrogen) atoms. The number of benzene rings is 1. The number of aliphatic hydroxyl groups is 1. The van der Waals surface area contributed by atoms with Crippen LogP contribution >= 0.6 is 0 Å². The number of aliphatic hydroxyl groups excluding tert-OH is 1. The minimum Gasteiger partial charge on any atom is -0.492 e. The molecule has 1 aromatic carbocycles. The number of ether oxygens (including phenoxy) is 1. The van der Waals surface area contributed by atoms with Crippen molar-refractivity contribution in [3.05, 3.63) is 29.8 Å². The fourth-order valence-electron chi connectivity index (χ4n) is 2.72. The maximum absolute atomic E-state index is 10.2. The maximum Gasteiger partial charge on any atom is 0.122 e. The highest BCUT2D eigenvalue weighted by molar-refractivity contribution is 5.31. The van der Waals surface area contributed by atoms with E-state index in [0.29, 0.717) is 0 Å². The normalized spacial score (nSPS) is 18.8. The molecule has 0 unspecified atom stereocenters. The standard InChI is InChI=1S/C19H32N2O2/c1-16-7-5-6-8-17(16)23-14-13-20-9-11-21(12-10-20)15-18(22)19(2,3)4/h5-8,18,22H,9-15H2,1-4H3/t18-/m1/s1. The van der Waals surface area contributed by atoms with Crippen LogP contribution in [-0.4, -0.2) is 66.9 Å². The van der Waals surface area contributed by atoms with Gasteiger partial charge in [0.25, 0.3) is 0 Å². The highest BCUT2D eigenvalue weighted by atomic mass is 16.5. The monoisotopic (exact) mass is 320 g/mol. The average molecular weight is 320 g/mol. The van der Waals surface area contributed by atoms with E-state index in [4.69, 9.17) is 4.74 Å². The Labute approximate surface area is 141 Å². The van der Waals surface area contributed by atoms with E-state index >= 15 is 0 Å². The van der Waals surface area contributed by atoms with E-state index in [0.717, 1.165) is 51.6 Å². The van der Waals surface area contributed by atoms with Crippen LogP contribution in [0.15, 0.2) is 24.3 Å². The molecule has 1 aliphatic rings. The quantitative estimate of drug-likeness (QED) is 0.873. The van der Waals surface area contributed by atoms with Gasteiger partial charge in [0.1, 0.15) is 12.4 Å². The molecule has 0 radical (unpaired) electrons. The van der Waals surface area contributed by atoms with E-state index < -0.39 is 0 Å². The Kier molecular flexibility index (Phi) is 6.45. The summed E-state index contributed by atoms with van der Waals surface area (Å²) >= 11 is 0. The Morgan fingerprint density at radius 1 is 1.09 bits per heavy atom. The smallest absolute Gasteiger partial charge is 0.122 e. The predicted molar refractivity (Wildman–Crippen MR) is 95.0 cm³/mol. The van der Waals surface area contributed by atoms with Crippen molar-refractivity contribution in [3.8, 4) is 5.75 Å². The predicted octanol–water partition coefficient (Wildman–Crippen LogP) is 2.40. The van der Waals surface area contributed by atoms with Gasteiger partial charge in [-0.1, -0.05) is 39.0 Å². The first-order valence-electron chi connectivity index (χ1n) is 8.67. The number of piperazine rings is 1. The first-order valence-corrected chi connectivity index (χ1v) is 8.67. The third kappa shape index (κ3) is 5.79. The van der Waals surface area contributed by atoms with Crippen molar-refractivity contribution in [3.63, 3.8) is 0 Å². The molecular formula is C19H32N2O2. The number of hydrogen-bond donors (Lipinski definition) is 1. The van der Waals surface area contributed by atoms with Crippen molar-refractivity contribution in [2.24, 2.45) is 5.41 Å². The molecule has 1 fully saturated rings. The summed E-state index contributed by atoms with van der Waals surface area (Å²) < 4.78 is 5.88. The second kappa shape index (κ2) is 8.13. The Hall–Kier alpha value is -1.10. The second-order valence-electron chi connectivity index (χ2n) is 7.64. The summed E-state index contributed by atoms with van der Waals surface area (Å²) in [5.74, 6) is 0.986. The Balaban J connectivity index is 1.66. The molecule has 0 spiro atoms. The van der Waals surface area contributed by atoms with E-state index in [1.165, 1.54) is 5.56 Å². The number of β-amino-alcohol motifs (C(OH)–C–C–N with tert-alkyl or cyclic N) is 1. The number of aryl methyl sites for hydroxylation is 1. The van der Waals surface area contributed by atoms with Crippen molar-refractivity contribution in [1.29, 1.82) is 0 Å². The zero-order valence-electron chi connectivity index (χ0n) is 15.1. The van der Waals surface area contributed by atoms with Crippen LogP contribution in [0.1, 0.15) is 26.3 Å². The van der Waals surface area contributed by atoms with Gasteiger partial charge in [-0.05, 0) is 24.0 Å². The molecule has 4 heteroatoms. The average Bonchev–Trinajstić information content (AvgIpc) is 2.50. The maximum atomic E-state index is 10.2. The topological polar surface area (TPSA) is 35.9 Å². The van der Waals surface area contributed by atoms with Gasteiger partial charge < -0.3 is 9.84 Å². The molecule has 130 valence electrons. The second-order valence-corrected chi connectivity index (χ2v) is 7.64. The summed E-state index contributed by atoms with van der Waals surface area (Å²) in [6.45, 7) is 15.0. The summed E-state index contributed by atoms with van der Waals surface area (Å²) in [6, 6.07) is 8.16. The summed E-state index contributed by atoms with van der Waals surface area (Å²) in [4.78, 5) is 4.81. The molecule has 0 bridgehead atoms. The summed E-state index contributed by atoms with van der Waals surface area (Å²) in [7, 11) is 0. The molecule has 1 saturated heterocycles. The van der Waals surface area contributed by atoms with Gasteiger partial charge in [-0.15, -0.1) is 0 Å². The number of nitrogens with zero attached hydrogens (tertiary/aromatic N) is 2. The zero-order chi connectivity index (χ0) is 16.9. The molecule has 0 aromatic heterocycles. The molecule has 1 atom stereocenters. The number of para-hydroxylation sites is 1. The SMILES string of the molecule is Cc1ccccc1OCCN1CCN(C[C@@H](O)C(C)(C)C)CC1. The Bertz CT molecular complexity index is 477. The zero-order valence-corrected chi connectivity index (χ0v) is 15.1. The Morgan fingerprint density at radius 2 is 1.70 bits per heavy atom. The minimum absolute atomic E-state index is 0.0431. The molecule has 1 aliphatic heterocycles. The van der Waals surface area contributed by atoms with Gasteiger partial charge in [0, 0.05) is 39.3 Å². The minimum atomic E-state index is -0.265. The van der Waals surface area contributed by atoms with Crippen LogP contribution in [0.4, 0.5) is 0 Å². The molecule has 1 aromatic rings. The fourth-order valence-corrected chi connectivity index (χ4v) is 2.72.